The second-order valence-corrected chi connectivity index (χ2v) is 7.85. The van der Waals surface area contributed by atoms with Gasteiger partial charge in [0.15, 0.2) is 6.61 Å². The number of nitrogens with one attached hydrogen (secondary N) is 1. The molecule has 168 valence electrons. The molecule has 0 saturated heterocycles. The number of hydrogen-bond acceptors (Lipinski definition) is 4. The zero-order valence-electron chi connectivity index (χ0n) is 19.4. The molecule has 6 heteroatoms. The minimum absolute atomic E-state index is 0.0408. The largest absolute Gasteiger partial charge is 0.497 e. The number of hydrogen-bond donors (Lipinski definition) is 1. The molecular weight excluding hydrogens is 392 g/mol. The van der Waals surface area contributed by atoms with Crippen LogP contribution in [-0.2, 0) is 16.1 Å². The van der Waals surface area contributed by atoms with Gasteiger partial charge < -0.3 is 19.7 Å². The molecule has 0 aliphatic carbocycles. The molecule has 0 aromatic heterocycles. The van der Waals surface area contributed by atoms with Gasteiger partial charge in [0.2, 0.25) is 5.91 Å². The summed E-state index contributed by atoms with van der Waals surface area (Å²) in [5.41, 5.74) is 3.00. The first-order chi connectivity index (χ1) is 14.8. The lowest BCUT2D eigenvalue weighted by Gasteiger charge is -2.29. The molecule has 0 bridgehead atoms. The SMILES string of the molecule is CC[C@H](C)NC(=O)[C@H](C)N(Cc1ccc(OC)cc1)C(=O)COc1cccc(C)c1C. The minimum Gasteiger partial charge on any atom is -0.497 e. The van der Waals surface area contributed by atoms with Crippen molar-refractivity contribution in [2.75, 3.05) is 13.7 Å². The summed E-state index contributed by atoms with van der Waals surface area (Å²) >= 11 is 0. The van der Waals surface area contributed by atoms with E-state index in [0.29, 0.717) is 12.3 Å². The molecule has 2 amide bonds. The van der Waals surface area contributed by atoms with E-state index in [1.54, 1.807) is 18.9 Å². The van der Waals surface area contributed by atoms with Gasteiger partial charge in [0.05, 0.1) is 7.11 Å². The molecule has 0 aliphatic heterocycles. The predicted octanol–water partition coefficient (Wildman–Crippen LogP) is 4.02. The fraction of sp³-hybridized carbons (Fsp3) is 0.440. The van der Waals surface area contributed by atoms with E-state index in [-0.39, 0.29) is 24.5 Å². The third-order valence-electron chi connectivity index (χ3n) is 5.59. The van der Waals surface area contributed by atoms with E-state index in [1.165, 1.54) is 0 Å². The van der Waals surface area contributed by atoms with E-state index in [2.05, 4.69) is 5.32 Å². The minimum atomic E-state index is -0.634. The Balaban J connectivity index is 2.18. The highest BCUT2D eigenvalue weighted by Gasteiger charge is 2.27. The molecule has 2 aromatic rings. The molecule has 0 saturated carbocycles. The van der Waals surface area contributed by atoms with Crippen molar-refractivity contribution in [1.29, 1.82) is 0 Å². The lowest BCUT2D eigenvalue weighted by atomic mass is 10.1. The highest BCUT2D eigenvalue weighted by Crippen LogP contribution is 2.21. The van der Waals surface area contributed by atoms with E-state index in [0.717, 1.165) is 28.9 Å². The smallest absolute Gasteiger partial charge is 0.261 e. The predicted molar refractivity (Wildman–Crippen MR) is 122 cm³/mol. The highest BCUT2D eigenvalue weighted by atomic mass is 16.5. The Labute approximate surface area is 185 Å². The van der Waals surface area contributed by atoms with Gasteiger partial charge >= 0.3 is 0 Å². The zero-order valence-corrected chi connectivity index (χ0v) is 19.4. The maximum Gasteiger partial charge on any atom is 0.261 e. The van der Waals surface area contributed by atoms with Crippen LogP contribution >= 0.6 is 0 Å². The number of aryl methyl sites for hydroxylation is 1. The number of carbonyl (C=O) groups excluding carboxylic acids is 2. The number of nitrogens with zero attached hydrogens (tertiary/aromatic N) is 1. The molecule has 0 unspecified atom stereocenters. The van der Waals surface area contributed by atoms with Crippen LogP contribution in [0, 0.1) is 13.8 Å². The van der Waals surface area contributed by atoms with Gasteiger partial charge in [0.25, 0.3) is 5.91 Å². The number of benzene rings is 2. The first kappa shape index (κ1) is 24.3. The Morgan fingerprint density at radius 2 is 1.74 bits per heavy atom. The monoisotopic (exact) mass is 426 g/mol. The van der Waals surface area contributed by atoms with Gasteiger partial charge in [-0.2, -0.15) is 0 Å². The normalized spacial score (nSPS) is 12.6. The van der Waals surface area contributed by atoms with Crippen LogP contribution in [0.3, 0.4) is 0 Å². The van der Waals surface area contributed by atoms with Gasteiger partial charge in [-0.1, -0.05) is 31.2 Å². The molecule has 0 radical (unpaired) electrons. The van der Waals surface area contributed by atoms with Gasteiger partial charge in [-0.05, 0) is 69.0 Å². The first-order valence-corrected chi connectivity index (χ1v) is 10.7. The summed E-state index contributed by atoms with van der Waals surface area (Å²) < 4.78 is 11.0. The summed E-state index contributed by atoms with van der Waals surface area (Å²) in [4.78, 5) is 27.5. The summed E-state index contributed by atoms with van der Waals surface area (Å²) in [7, 11) is 1.61. The fourth-order valence-corrected chi connectivity index (χ4v) is 3.08. The van der Waals surface area contributed by atoms with E-state index in [4.69, 9.17) is 9.47 Å². The molecule has 2 aromatic carbocycles. The fourth-order valence-electron chi connectivity index (χ4n) is 3.08. The van der Waals surface area contributed by atoms with Crippen molar-refractivity contribution >= 4 is 11.8 Å². The number of ether oxygens (including phenoxy) is 2. The molecule has 2 atom stereocenters. The molecule has 0 heterocycles. The summed E-state index contributed by atoms with van der Waals surface area (Å²) in [5.74, 6) is 0.989. The standard InChI is InChI=1S/C25H34N2O4/c1-7-18(3)26-25(29)20(5)27(15-21-11-13-22(30-6)14-12-21)24(28)16-31-23-10-8-9-17(2)19(23)4/h8-14,18,20H,7,15-16H2,1-6H3,(H,26,29)/t18-,20-/m0/s1. The van der Waals surface area contributed by atoms with Crippen molar-refractivity contribution in [1.82, 2.24) is 10.2 Å². The topological polar surface area (TPSA) is 67.9 Å². The second kappa shape index (κ2) is 11.4. The molecule has 0 fully saturated rings. The van der Waals surface area contributed by atoms with Gasteiger partial charge in [-0.3, -0.25) is 9.59 Å². The van der Waals surface area contributed by atoms with Crippen LogP contribution in [0.5, 0.6) is 11.5 Å². The van der Waals surface area contributed by atoms with Crippen LogP contribution in [-0.4, -0.2) is 42.5 Å². The van der Waals surface area contributed by atoms with Crippen molar-refractivity contribution in [2.24, 2.45) is 0 Å². The first-order valence-electron chi connectivity index (χ1n) is 10.7. The molecule has 31 heavy (non-hydrogen) atoms. The van der Waals surface area contributed by atoms with Crippen molar-refractivity contribution in [2.45, 2.75) is 59.7 Å². The molecule has 6 nitrogen and oxygen atoms in total. The van der Waals surface area contributed by atoms with Gasteiger partial charge in [-0.25, -0.2) is 0 Å². The molecule has 2 rings (SSSR count). The van der Waals surface area contributed by atoms with E-state index in [9.17, 15) is 9.59 Å². The van der Waals surface area contributed by atoms with Gasteiger partial charge in [-0.15, -0.1) is 0 Å². The molecule has 0 spiro atoms. The van der Waals surface area contributed by atoms with Crippen LogP contribution < -0.4 is 14.8 Å². The summed E-state index contributed by atoms with van der Waals surface area (Å²) in [6.07, 6.45) is 0.820. The molecule has 0 aliphatic rings. The van der Waals surface area contributed by atoms with Gasteiger partial charge in [0.1, 0.15) is 17.5 Å². The molecular formula is C25H34N2O4. The summed E-state index contributed by atoms with van der Waals surface area (Å²) in [6, 6.07) is 12.6. The number of carbonyl (C=O) groups is 2. The third-order valence-corrected chi connectivity index (χ3v) is 5.59. The summed E-state index contributed by atoms with van der Waals surface area (Å²) in [6.45, 7) is 9.83. The van der Waals surface area contributed by atoms with Crippen molar-refractivity contribution < 1.29 is 19.1 Å². The average molecular weight is 427 g/mol. The quantitative estimate of drug-likeness (QED) is 0.623. The van der Waals surface area contributed by atoms with Crippen LogP contribution in [0.2, 0.25) is 0 Å². The van der Waals surface area contributed by atoms with E-state index >= 15 is 0 Å². The number of methoxy groups -OCH3 is 1. The van der Waals surface area contributed by atoms with Crippen LogP contribution in [0.15, 0.2) is 42.5 Å². The Hall–Kier alpha value is -3.02. The Morgan fingerprint density at radius 1 is 1.06 bits per heavy atom. The van der Waals surface area contributed by atoms with Gasteiger partial charge in [0, 0.05) is 12.6 Å². The lowest BCUT2D eigenvalue weighted by Crippen LogP contribution is -2.50. The van der Waals surface area contributed by atoms with Crippen LogP contribution in [0.1, 0.15) is 43.9 Å². The Kier molecular flexibility index (Phi) is 8.91. The highest BCUT2D eigenvalue weighted by molar-refractivity contribution is 5.88. The van der Waals surface area contributed by atoms with Crippen LogP contribution in [0.25, 0.3) is 0 Å². The Morgan fingerprint density at radius 3 is 2.35 bits per heavy atom. The number of amides is 2. The van der Waals surface area contributed by atoms with Crippen molar-refractivity contribution in [3.8, 4) is 11.5 Å². The average Bonchev–Trinajstić information content (AvgIpc) is 2.77. The Bertz CT molecular complexity index is 880. The van der Waals surface area contributed by atoms with Crippen LogP contribution in [0.4, 0.5) is 0 Å². The van der Waals surface area contributed by atoms with E-state index < -0.39 is 6.04 Å². The molecule has 1 N–H and O–H groups in total. The number of rotatable bonds is 10. The second-order valence-electron chi connectivity index (χ2n) is 7.85. The summed E-state index contributed by atoms with van der Waals surface area (Å²) in [5, 5.41) is 2.97. The maximum atomic E-state index is 13.1. The zero-order chi connectivity index (χ0) is 23.0. The van der Waals surface area contributed by atoms with Crippen molar-refractivity contribution in [3.63, 3.8) is 0 Å². The third kappa shape index (κ3) is 6.74. The maximum absolute atomic E-state index is 13.1. The van der Waals surface area contributed by atoms with E-state index in [1.807, 2.05) is 70.2 Å². The lowest BCUT2D eigenvalue weighted by molar-refractivity contribution is -0.142. The van der Waals surface area contributed by atoms with Crippen molar-refractivity contribution in [3.05, 3.63) is 59.2 Å².